The van der Waals surface area contributed by atoms with Crippen LogP contribution in [0.15, 0.2) is 37.6 Å². The number of oxazole rings is 2. The molecule has 4 aromatic rings. The summed E-state index contributed by atoms with van der Waals surface area (Å²) in [6.45, 7) is 3.67. The molecule has 178 valence electrons. The zero-order chi connectivity index (χ0) is 24.7. The predicted octanol–water partition coefficient (Wildman–Crippen LogP) is 3.52. The number of carboxylic acid groups (broad SMARTS) is 1. The van der Waals surface area contributed by atoms with Crippen molar-refractivity contribution in [3.05, 3.63) is 52.9 Å². The van der Waals surface area contributed by atoms with Crippen LogP contribution in [-0.2, 0) is 14.9 Å². The molecule has 5 rings (SSSR count). The smallest absolute Gasteiger partial charge is 0.412 e. The Labute approximate surface area is 197 Å². The molecule has 3 aromatic heterocycles. The summed E-state index contributed by atoms with van der Waals surface area (Å²) in [6, 6.07) is 7.55. The largest absolute Gasteiger partial charge is 0.480 e. The van der Waals surface area contributed by atoms with Gasteiger partial charge in [0, 0.05) is 5.92 Å². The van der Waals surface area contributed by atoms with Crippen molar-refractivity contribution in [2.75, 3.05) is 11.1 Å². The van der Waals surface area contributed by atoms with E-state index in [1.54, 1.807) is 6.92 Å². The minimum Gasteiger partial charge on any atom is -0.480 e. The molecule has 1 fully saturated rings. The van der Waals surface area contributed by atoms with Crippen LogP contribution in [0.4, 0.5) is 16.3 Å². The summed E-state index contributed by atoms with van der Waals surface area (Å²) in [6.07, 6.45) is -0.403. The van der Waals surface area contributed by atoms with Crippen LogP contribution >= 0.6 is 0 Å². The number of carbonyl (C=O) groups excluding carboxylic acids is 1. The highest BCUT2D eigenvalue weighted by molar-refractivity contribution is 5.90. The molecule has 1 unspecified atom stereocenters. The molecule has 1 amide bonds. The standard InChI is InChI=1S/C23H19N5O7/c1-11-5-3-4-6-13(11)12(2)32-22(31)26-16-14(35-28-17(16)24)7-8-15-25-18-19(33-15)27-20(34-18)23(9-10-23)21(29)30/h3-6,12H,9-10H2,1-2H3,(H2,24,28)(H,26,31)(H,29,30). The third-order valence-electron chi connectivity index (χ3n) is 5.68. The topological polar surface area (TPSA) is 180 Å². The second-order valence-corrected chi connectivity index (χ2v) is 8.09. The van der Waals surface area contributed by atoms with Crippen molar-refractivity contribution in [2.45, 2.75) is 38.2 Å². The lowest BCUT2D eigenvalue weighted by Gasteiger charge is -2.15. The number of hydrogen-bond acceptors (Lipinski definition) is 10. The molecule has 0 aliphatic heterocycles. The molecule has 1 aliphatic rings. The minimum atomic E-state index is -1.11. The third kappa shape index (κ3) is 4.04. The number of rotatable bonds is 5. The van der Waals surface area contributed by atoms with E-state index in [1.807, 2.05) is 31.2 Å². The van der Waals surface area contributed by atoms with Gasteiger partial charge in [-0.25, -0.2) is 4.79 Å². The normalized spacial score (nSPS) is 14.7. The highest BCUT2D eigenvalue weighted by Crippen LogP contribution is 2.48. The number of aliphatic carboxylic acids is 1. The zero-order valence-electron chi connectivity index (χ0n) is 18.6. The van der Waals surface area contributed by atoms with Gasteiger partial charge in [0.2, 0.25) is 11.7 Å². The molecule has 1 aliphatic carbocycles. The summed E-state index contributed by atoms with van der Waals surface area (Å²) in [7, 11) is 0. The number of benzene rings is 1. The monoisotopic (exact) mass is 477 g/mol. The number of fused-ring (bicyclic) bond motifs is 1. The molecular weight excluding hydrogens is 458 g/mol. The average Bonchev–Trinajstić information content (AvgIpc) is 3.25. The molecule has 4 N–H and O–H groups in total. The number of aryl methyl sites for hydroxylation is 1. The van der Waals surface area contributed by atoms with Crippen molar-refractivity contribution in [3.8, 4) is 11.8 Å². The van der Waals surface area contributed by atoms with E-state index in [4.69, 9.17) is 23.8 Å². The first-order valence-electron chi connectivity index (χ1n) is 10.6. The number of hydrogen-bond donors (Lipinski definition) is 3. The van der Waals surface area contributed by atoms with Crippen LogP contribution in [0.3, 0.4) is 0 Å². The number of nitrogens with one attached hydrogen (secondary N) is 1. The van der Waals surface area contributed by atoms with Crippen molar-refractivity contribution in [2.24, 2.45) is 0 Å². The molecule has 0 bridgehead atoms. The van der Waals surface area contributed by atoms with Crippen LogP contribution in [0.2, 0.25) is 0 Å². The van der Waals surface area contributed by atoms with E-state index < -0.39 is 23.6 Å². The van der Waals surface area contributed by atoms with Crippen LogP contribution < -0.4 is 11.1 Å². The van der Waals surface area contributed by atoms with Gasteiger partial charge in [-0.15, -0.1) is 0 Å². The second kappa shape index (κ2) is 8.21. The molecule has 35 heavy (non-hydrogen) atoms. The zero-order valence-corrected chi connectivity index (χ0v) is 18.6. The van der Waals surface area contributed by atoms with Crippen LogP contribution in [0.25, 0.3) is 11.4 Å². The lowest BCUT2D eigenvalue weighted by molar-refractivity contribution is -0.140. The predicted molar refractivity (Wildman–Crippen MR) is 119 cm³/mol. The Morgan fingerprint density at radius 2 is 1.94 bits per heavy atom. The van der Waals surface area contributed by atoms with Crippen LogP contribution in [-0.4, -0.2) is 32.3 Å². The molecule has 0 saturated heterocycles. The Hall–Kier alpha value is -4.79. The van der Waals surface area contributed by atoms with Gasteiger partial charge in [-0.3, -0.25) is 10.1 Å². The first-order chi connectivity index (χ1) is 16.8. The van der Waals surface area contributed by atoms with Crippen molar-refractivity contribution in [3.63, 3.8) is 0 Å². The van der Waals surface area contributed by atoms with Crippen molar-refractivity contribution < 1.29 is 32.8 Å². The summed E-state index contributed by atoms with van der Waals surface area (Å²) in [5, 5.41) is 15.5. The molecular formula is C23H19N5O7. The van der Waals surface area contributed by atoms with E-state index in [-0.39, 0.29) is 40.5 Å². The fraction of sp³-hybridized carbons (Fsp3) is 0.261. The fourth-order valence-electron chi connectivity index (χ4n) is 3.56. The Kier molecular flexibility index (Phi) is 5.17. The van der Waals surface area contributed by atoms with Crippen molar-refractivity contribution >= 4 is 35.0 Å². The Morgan fingerprint density at radius 1 is 1.20 bits per heavy atom. The highest BCUT2D eigenvalue weighted by Gasteiger charge is 2.56. The van der Waals surface area contributed by atoms with Gasteiger partial charge in [0.25, 0.3) is 17.3 Å². The van der Waals surface area contributed by atoms with E-state index in [0.29, 0.717) is 12.8 Å². The van der Waals surface area contributed by atoms with E-state index in [9.17, 15) is 14.7 Å². The minimum absolute atomic E-state index is 0.0287. The number of nitrogens with zero attached hydrogens (tertiary/aromatic N) is 3. The molecule has 3 heterocycles. The maximum atomic E-state index is 12.4. The SMILES string of the molecule is Cc1ccccc1C(C)OC(=O)Nc1c(N)noc1C#Cc1nc2oc(C3(C(=O)O)CC3)nc2o1. The Morgan fingerprint density at radius 3 is 2.63 bits per heavy atom. The summed E-state index contributed by atoms with van der Waals surface area (Å²) < 4.78 is 21.4. The number of amides is 1. The molecule has 0 spiro atoms. The summed E-state index contributed by atoms with van der Waals surface area (Å²) in [5.41, 5.74) is 6.63. The Balaban J connectivity index is 1.30. The first-order valence-corrected chi connectivity index (χ1v) is 10.6. The quantitative estimate of drug-likeness (QED) is 0.358. The number of anilines is 2. The van der Waals surface area contributed by atoms with Gasteiger partial charge in [0.1, 0.15) is 17.2 Å². The van der Waals surface area contributed by atoms with Crippen LogP contribution in [0.1, 0.15) is 54.5 Å². The van der Waals surface area contributed by atoms with Crippen molar-refractivity contribution in [1.82, 2.24) is 15.1 Å². The maximum absolute atomic E-state index is 12.4. The third-order valence-corrected chi connectivity index (χ3v) is 5.68. The molecule has 12 heteroatoms. The van der Waals surface area contributed by atoms with Gasteiger partial charge in [-0.2, -0.15) is 9.97 Å². The average molecular weight is 477 g/mol. The number of nitrogens with two attached hydrogens (primary N) is 1. The summed E-state index contributed by atoms with van der Waals surface area (Å²) in [5.74, 6) is 4.09. The number of nitrogen functional groups attached to an aromatic ring is 1. The number of ether oxygens (including phenoxy) is 1. The maximum Gasteiger partial charge on any atom is 0.412 e. The lowest BCUT2D eigenvalue weighted by Crippen LogP contribution is -2.19. The van der Waals surface area contributed by atoms with E-state index in [0.717, 1.165) is 11.1 Å². The van der Waals surface area contributed by atoms with Gasteiger partial charge in [-0.05, 0) is 43.7 Å². The number of carboxylic acids is 1. The highest BCUT2D eigenvalue weighted by atomic mass is 16.6. The molecule has 12 nitrogen and oxygen atoms in total. The fourth-order valence-corrected chi connectivity index (χ4v) is 3.56. The van der Waals surface area contributed by atoms with Gasteiger partial charge >= 0.3 is 12.1 Å². The van der Waals surface area contributed by atoms with E-state index in [2.05, 4.69) is 32.3 Å². The number of carbonyl (C=O) groups is 2. The lowest BCUT2D eigenvalue weighted by atomic mass is 10.1. The van der Waals surface area contributed by atoms with Gasteiger partial charge in [0.05, 0.1) is 0 Å². The second-order valence-electron chi connectivity index (χ2n) is 8.09. The van der Waals surface area contributed by atoms with Gasteiger partial charge < -0.3 is 28.9 Å². The summed E-state index contributed by atoms with van der Waals surface area (Å²) in [4.78, 5) is 32.0. The molecule has 0 radical (unpaired) electrons. The van der Waals surface area contributed by atoms with Crippen LogP contribution in [0.5, 0.6) is 0 Å². The first kappa shape index (κ1) is 22.0. The summed E-state index contributed by atoms with van der Waals surface area (Å²) >= 11 is 0. The van der Waals surface area contributed by atoms with Gasteiger partial charge in [-0.1, -0.05) is 29.4 Å². The van der Waals surface area contributed by atoms with E-state index >= 15 is 0 Å². The number of aromatic nitrogens is 3. The van der Waals surface area contributed by atoms with E-state index in [1.165, 1.54) is 0 Å². The molecule has 1 aromatic carbocycles. The Bertz CT molecular complexity index is 1480. The molecule has 1 atom stereocenters. The van der Waals surface area contributed by atoms with Gasteiger partial charge in [0.15, 0.2) is 5.82 Å². The molecule has 1 saturated carbocycles. The van der Waals surface area contributed by atoms with Crippen LogP contribution in [0, 0.1) is 18.8 Å². The van der Waals surface area contributed by atoms with Crippen molar-refractivity contribution in [1.29, 1.82) is 0 Å².